The van der Waals surface area contributed by atoms with E-state index in [9.17, 15) is 14.7 Å². The van der Waals surface area contributed by atoms with Crippen LogP contribution in [0.4, 0.5) is 17.3 Å². The molecule has 3 aromatic heterocycles. The second-order valence-electron chi connectivity index (χ2n) is 12.1. The topological polar surface area (TPSA) is 147 Å². The molecule has 2 unspecified atom stereocenters. The lowest BCUT2D eigenvalue weighted by atomic mass is 9.99. The second kappa shape index (κ2) is 14.4. The van der Waals surface area contributed by atoms with E-state index in [1.165, 1.54) is 0 Å². The van der Waals surface area contributed by atoms with E-state index < -0.39 is 18.1 Å². The summed E-state index contributed by atoms with van der Waals surface area (Å²) in [5.74, 6) is 0.274. The van der Waals surface area contributed by atoms with Gasteiger partial charge in [0.2, 0.25) is 5.95 Å². The van der Waals surface area contributed by atoms with Crippen molar-refractivity contribution in [3.63, 3.8) is 0 Å². The van der Waals surface area contributed by atoms with Crippen molar-refractivity contribution >= 4 is 40.2 Å². The molecular weight excluding hydrogens is 616 g/mol. The van der Waals surface area contributed by atoms with Gasteiger partial charge in [0.25, 0.3) is 11.8 Å². The molecule has 0 aliphatic rings. The first-order valence-corrected chi connectivity index (χ1v) is 16.1. The van der Waals surface area contributed by atoms with Crippen molar-refractivity contribution in [1.82, 2.24) is 29.8 Å². The molecule has 3 heterocycles. The summed E-state index contributed by atoms with van der Waals surface area (Å²) >= 11 is 0. The van der Waals surface area contributed by atoms with Crippen molar-refractivity contribution in [1.29, 1.82) is 0 Å². The Morgan fingerprint density at radius 3 is 2.47 bits per heavy atom. The van der Waals surface area contributed by atoms with Crippen molar-refractivity contribution in [3.8, 4) is 11.3 Å². The first-order valence-electron chi connectivity index (χ1n) is 16.1. The normalized spacial score (nSPS) is 12.4. The summed E-state index contributed by atoms with van der Waals surface area (Å²) in [6.45, 7) is 5.97. The number of aliphatic hydroxyl groups excluding tert-OH is 1. The fraction of sp³-hybridized carbons (Fsp3) is 0.211. The summed E-state index contributed by atoms with van der Waals surface area (Å²) in [5.41, 5.74) is 6.46. The number of nitrogens with zero attached hydrogens (tertiary/aromatic N) is 5. The molecule has 0 saturated heterocycles. The monoisotopic (exact) mass is 654 g/mol. The zero-order valence-electron chi connectivity index (χ0n) is 27.8. The third-order valence-electron chi connectivity index (χ3n) is 8.34. The predicted molar refractivity (Wildman–Crippen MR) is 191 cm³/mol. The number of aryl methyl sites for hydroxylation is 1. The van der Waals surface area contributed by atoms with Crippen LogP contribution in [-0.2, 0) is 11.2 Å². The molecule has 0 bridgehead atoms. The number of fused-ring (bicyclic) bond motifs is 1. The van der Waals surface area contributed by atoms with E-state index in [0.717, 1.165) is 27.9 Å². The molecule has 2 atom stereocenters. The van der Waals surface area contributed by atoms with Gasteiger partial charge in [-0.15, -0.1) is 0 Å². The van der Waals surface area contributed by atoms with Crippen LogP contribution in [0.5, 0.6) is 0 Å². The number of carbonyl (C=O) groups is 2. The number of amides is 2. The van der Waals surface area contributed by atoms with Crippen LogP contribution in [0.1, 0.15) is 53.1 Å². The smallest absolute Gasteiger partial charge is 0.255 e. The van der Waals surface area contributed by atoms with E-state index in [1.54, 1.807) is 49.9 Å². The van der Waals surface area contributed by atoms with E-state index >= 15 is 0 Å². The zero-order valence-corrected chi connectivity index (χ0v) is 27.8. The molecule has 11 heteroatoms. The number of hydrogen-bond acceptors (Lipinski definition) is 8. The molecule has 2 amide bonds. The number of aliphatic hydroxyl groups is 1. The lowest BCUT2D eigenvalue weighted by Gasteiger charge is -2.27. The highest BCUT2D eigenvalue weighted by Gasteiger charge is 2.32. The Kier molecular flexibility index (Phi) is 9.72. The van der Waals surface area contributed by atoms with Gasteiger partial charge >= 0.3 is 0 Å². The number of rotatable bonds is 11. The molecule has 248 valence electrons. The number of nitrogens with one attached hydrogen (secondary N) is 3. The molecule has 3 aromatic carbocycles. The second-order valence-corrected chi connectivity index (χ2v) is 12.1. The lowest BCUT2D eigenvalue weighted by molar-refractivity contribution is -0.126. The molecular formula is C38H38N8O3. The van der Waals surface area contributed by atoms with Gasteiger partial charge in [-0.2, -0.15) is 0 Å². The van der Waals surface area contributed by atoms with E-state index in [1.807, 2.05) is 86.0 Å². The maximum absolute atomic E-state index is 13.9. The molecule has 0 radical (unpaired) electrons. The van der Waals surface area contributed by atoms with Gasteiger partial charge in [-0.25, -0.2) is 15.0 Å². The van der Waals surface area contributed by atoms with Gasteiger partial charge < -0.3 is 25.6 Å². The average Bonchev–Trinajstić information content (AvgIpc) is 3.51. The molecule has 49 heavy (non-hydrogen) atoms. The van der Waals surface area contributed by atoms with E-state index in [2.05, 4.69) is 30.9 Å². The van der Waals surface area contributed by atoms with E-state index in [4.69, 9.17) is 4.98 Å². The molecule has 0 saturated carbocycles. The molecule has 0 aliphatic carbocycles. The van der Waals surface area contributed by atoms with Gasteiger partial charge in [0.15, 0.2) is 6.10 Å². The highest BCUT2D eigenvalue weighted by atomic mass is 16.3. The van der Waals surface area contributed by atoms with Crippen molar-refractivity contribution in [2.24, 2.45) is 0 Å². The lowest BCUT2D eigenvalue weighted by Crippen LogP contribution is -2.38. The van der Waals surface area contributed by atoms with Crippen molar-refractivity contribution in [3.05, 3.63) is 126 Å². The Balaban J connectivity index is 1.31. The largest absolute Gasteiger partial charge is 0.381 e. The van der Waals surface area contributed by atoms with Gasteiger partial charge in [-0.3, -0.25) is 14.6 Å². The highest BCUT2D eigenvalue weighted by molar-refractivity contribution is 5.98. The number of hydrogen-bond donors (Lipinski definition) is 4. The summed E-state index contributed by atoms with van der Waals surface area (Å²) in [7, 11) is 1.58. The van der Waals surface area contributed by atoms with Crippen LogP contribution in [0.2, 0.25) is 0 Å². The van der Waals surface area contributed by atoms with Crippen LogP contribution in [0.15, 0.2) is 104 Å². The molecule has 4 N–H and O–H groups in total. The van der Waals surface area contributed by atoms with Crippen molar-refractivity contribution in [2.45, 2.75) is 45.3 Å². The molecule has 0 fully saturated rings. The maximum atomic E-state index is 13.9. The first kappa shape index (κ1) is 33.0. The Morgan fingerprint density at radius 1 is 0.918 bits per heavy atom. The Labute approximate surface area is 284 Å². The maximum Gasteiger partial charge on any atom is 0.255 e. The van der Waals surface area contributed by atoms with Crippen LogP contribution >= 0.6 is 0 Å². The van der Waals surface area contributed by atoms with E-state index in [-0.39, 0.29) is 11.8 Å². The number of imidazole rings is 1. The van der Waals surface area contributed by atoms with Gasteiger partial charge in [0.05, 0.1) is 22.8 Å². The Hall–Kier alpha value is -5.94. The zero-order chi connectivity index (χ0) is 34.5. The van der Waals surface area contributed by atoms with Crippen LogP contribution in [0.25, 0.3) is 22.3 Å². The molecule has 6 aromatic rings. The van der Waals surface area contributed by atoms with Gasteiger partial charge in [-0.1, -0.05) is 50.2 Å². The third kappa shape index (κ3) is 7.31. The third-order valence-corrected chi connectivity index (χ3v) is 8.34. The number of benzene rings is 3. The van der Waals surface area contributed by atoms with Gasteiger partial charge in [0.1, 0.15) is 5.82 Å². The summed E-state index contributed by atoms with van der Waals surface area (Å²) in [6.07, 6.45) is 4.03. The quantitative estimate of drug-likeness (QED) is 0.129. The van der Waals surface area contributed by atoms with Crippen LogP contribution in [-0.4, -0.2) is 54.6 Å². The van der Waals surface area contributed by atoms with Gasteiger partial charge in [0, 0.05) is 54.1 Å². The fourth-order valence-corrected chi connectivity index (χ4v) is 5.80. The van der Waals surface area contributed by atoms with E-state index in [0.29, 0.717) is 40.6 Å². The summed E-state index contributed by atoms with van der Waals surface area (Å²) < 4.78 is 1.94. The summed E-state index contributed by atoms with van der Waals surface area (Å²) in [5, 5.41) is 20.7. The number of pyridine rings is 1. The Morgan fingerprint density at radius 2 is 1.73 bits per heavy atom. The molecule has 6 rings (SSSR count). The Bertz CT molecular complexity index is 2100. The number of aromatic nitrogens is 5. The number of anilines is 3. The highest BCUT2D eigenvalue weighted by Crippen LogP contribution is 2.32. The molecule has 0 spiro atoms. The SMILES string of the molecule is CNC(=O)c1ccc2c(c1)nc(C(C)C)n2C(Cc1ccccc1)C(O)C(=O)Nc1ccc(C)c(Nc2nccc(-c3cccnc3)n2)c1. The standard InChI is InChI=1S/C38H38N8O3/c1-23(2)35-43-31-20-26(36(48)39-4)13-15-32(31)46(35)33(19-25-9-6-5-7-10-25)34(47)37(49)42-28-14-12-24(3)30(21-28)45-38-41-18-16-29(44-38)27-11-8-17-40-22-27/h5-18,20-23,33-34,47H,19H2,1-4H3,(H,39,48)(H,42,49)(H,41,44,45). The minimum absolute atomic E-state index is 0.0333. The van der Waals surface area contributed by atoms with Crippen LogP contribution in [0.3, 0.4) is 0 Å². The minimum Gasteiger partial charge on any atom is -0.381 e. The first-order chi connectivity index (χ1) is 23.7. The van der Waals surface area contributed by atoms with Crippen molar-refractivity contribution in [2.75, 3.05) is 17.7 Å². The van der Waals surface area contributed by atoms with Crippen LogP contribution in [0, 0.1) is 6.92 Å². The molecule has 11 nitrogen and oxygen atoms in total. The van der Waals surface area contributed by atoms with Gasteiger partial charge in [-0.05, 0) is 73.0 Å². The van der Waals surface area contributed by atoms with Crippen LogP contribution < -0.4 is 16.0 Å². The molecule has 0 aliphatic heterocycles. The average molecular weight is 655 g/mol. The number of carbonyl (C=O) groups excluding carboxylic acids is 2. The summed E-state index contributed by atoms with van der Waals surface area (Å²) in [4.78, 5) is 44.4. The van der Waals surface area contributed by atoms with Crippen molar-refractivity contribution < 1.29 is 14.7 Å². The fourth-order valence-electron chi connectivity index (χ4n) is 5.80. The predicted octanol–water partition coefficient (Wildman–Crippen LogP) is 6.21. The summed E-state index contributed by atoms with van der Waals surface area (Å²) in [6, 6.07) is 25.4. The minimum atomic E-state index is -1.45.